The van der Waals surface area contributed by atoms with Crippen molar-refractivity contribution >= 4 is 22.4 Å². The SMILES string of the molecule is CCOC1(C(=O)Nc2ccc(OC)c3ccccc23)CCCC1. The van der Waals surface area contributed by atoms with Gasteiger partial charge < -0.3 is 14.8 Å². The van der Waals surface area contributed by atoms with Crippen LogP contribution in [0.25, 0.3) is 10.8 Å². The van der Waals surface area contributed by atoms with Gasteiger partial charge >= 0.3 is 0 Å². The summed E-state index contributed by atoms with van der Waals surface area (Å²) in [5.74, 6) is 0.770. The molecule has 1 aliphatic carbocycles. The smallest absolute Gasteiger partial charge is 0.256 e. The lowest BCUT2D eigenvalue weighted by Gasteiger charge is -2.27. The van der Waals surface area contributed by atoms with Crippen molar-refractivity contribution in [1.29, 1.82) is 0 Å². The minimum Gasteiger partial charge on any atom is -0.496 e. The minimum absolute atomic E-state index is 0.0350. The quantitative estimate of drug-likeness (QED) is 0.902. The molecule has 0 radical (unpaired) electrons. The first-order chi connectivity index (χ1) is 11.2. The Morgan fingerprint density at radius 1 is 1.13 bits per heavy atom. The van der Waals surface area contributed by atoms with Crippen molar-refractivity contribution in [3.05, 3.63) is 36.4 Å². The summed E-state index contributed by atoms with van der Waals surface area (Å²) >= 11 is 0. The predicted octanol–water partition coefficient (Wildman–Crippen LogP) is 4.14. The highest BCUT2D eigenvalue weighted by Crippen LogP contribution is 2.36. The Morgan fingerprint density at radius 2 is 1.83 bits per heavy atom. The molecule has 0 spiro atoms. The molecule has 1 saturated carbocycles. The van der Waals surface area contributed by atoms with Gasteiger partial charge in [0.25, 0.3) is 5.91 Å². The minimum atomic E-state index is -0.671. The summed E-state index contributed by atoms with van der Waals surface area (Å²) in [4.78, 5) is 12.9. The Balaban J connectivity index is 1.94. The zero-order chi connectivity index (χ0) is 16.3. The van der Waals surface area contributed by atoms with Crippen LogP contribution in [0.1, 0.15) is 32.6 Å². The number of hydrogen-bond acceptors (Lipinski definition) is 3. The van der Waals surface area contributed by atoms with Crippen LogP contribution >= 0.6 is 0 Å². The van der Waals surface area contributed by atoms with Crippen LogP contribution < -0.4 is 10.1 Å². The summed E-state index contributed by atoms with van der Waals surface area (Å²) in [6, 6.07) is 11.7. The van der Waals surface area contributed by atoms with Crippen molar-refractivity contribution in [3.8, 4) is 5.75 Å². The average Bonchev–Trinajstić information content (AvgIpc) is 3.05. The van der Waals surface area contributed by atoms with Gasteiger partial charge in [0, 0.05) is 23.1 Å². The molecule has 2 aromatic rings. The molecule has 1 fully saturated rings. The van der Waals surface area contributed by atoms with Gasteiger partial charge in [0.05, 0.1) is 7.11 Å². The van der Waals surface area contributed by atoms with Crippen molar-refractivity contribution in [2.24, 2.45) is 0 Å². The van der Waals surface area contributed by atoms with Crippen LogP contribution in [-0.2, 0) is 9.53 Å². The maximum absolute atomic E-state index is 12.9. The number of anilines is 1. The van der Waals surface area contributed by atoms with Gasteiger partial charge in [0.1, 0.15) is 11.4 Å². The van der Waals surface area contributed by atoms with Crippen LogP contribution in [0, 0.1) is 0 Å². The number of nitrogens with one attached hydrogen (secondary N) is 1. The number of ether oxygens (including phenoxy) is 2. The van der Waals surface area contributed by atoms with Gasteiger partial charge in [-0.25, -0.2) is 0 Å². The Labute approximate surface area is 136 Å². The lowest BCUT2D eigenvalue weighted by Crippen LogP contribution is -2.43. The van der Waals surface area contributed by atoms with E-state index in [1.54, 1.807) is 7.11 Å². The Bertz CT molecular complexity index is 705. The zero-order valence-electron chi connectivity index (χ0n) is 13.7. The van der Waals surface area contributed by atoms with Gasteiger partial charge in [-0.1, -0.05) is 24.3 Å². The van der Waals surface area contributed by atoms with Gasteiger partial charge in [0.15, 0.2) is 0 Å². The number of amides is 1. The summed E-state index contributed by atoms with van der Waals surface area (Å²) in [6.07, 6.45) is 3.66. The third kappa shape index (κ3) is 2.91. The Kier molecular flexibility index (Phi) is 4.53. The Hall–Kier alpha value is -2.07. The van der Waals surface area contributed by atoms with Gasteiger partial charge in [-0.05, 0) is 44.7 Å². The molecule has 0 saturated heterocycles. The second kappa shape index (κ2) is 6.59. The highest BCUT2D eigenvalue weighted by Gasteiger charge is 2.42. The molecule has 0 unspecified atom stereocenters. The molecule has 4 heteroatoms. The van der Waals surface area contributed by atoms with E-state index in [4.69, 9.17) is 9.47 Å². The molecular weight excluding hydrogens is 290 g/mol. The first-order valence-electron chi connectivity index (χ1n) is 8.21. The summed E-state index contributed by atoms with van der Waals surface area (Å²) in [5.41, 5.74) is 0.132. The maximum atomic E-state index is 12.9. The summed E-state index contributed by atoms with van der Waals surface area (Å²) in [6.45, 7) is 2.49. The van der Waals surface area contributed by atoms with E-state index in [2.05, 4.69) is 5.32 Å². The third-order valence-electron chi connectivity index (χ3n) is 4.60. The van der Waals surface area contributed by atoms with Crippen molar-refractivity contribution in [1.82, 2.24) is 0 Å². The monoisotopic (exact) mass is 313 g/mol. The van der Waals surface area contributed by atoms with Crippen molar-refractivity contribution < 1.29 is 14.3 Å². The van der Waals surface area contributed by atoms with Crippen molar-refractivity contribution in [3.63, 3.8) is 0 Å². The number of carbonyl (C=O) groups excluding carboxylic acids is 1. The molecule has 23 heavy (non-hydrogen) atoms. The fourth-order valence-corrected chi connectivity index (χ4v) is 3.45. The van der Waals surface area contributed by atoms with E-state index in [9.17, 15) is 4.79 Å². The molecule has 1 aliphatic rings. The molecule has 1 N–H and O–H groups in total. The predicted molar refractivity (Wildman–Crippen MR) is 92.0 cm³/mol. The first kappa shape index (κ1) is 15.8. The van der Waals surface area contributed by atoms with E-state index < -0.39 is 5.60 Å². The van der Waals surface area contributed by atoms with Gasteiger partial charge in [-0.3, -0.25) is 4.79 Å². The van der Waals surface area contributed by atoms with Crippen molar-refractivity contribution in [2.75, 3.05) is 19.0 Å². The van der Waals surface area contributed by atoms with Gasteiger partial charge in [-0.15, -0.1) is 0 Å². The zero-order valence-corrected chi connectivity index (χ0v) is 13.7. The van der Waals surface area contributed by atoms with Gasteiger partial charge in [0.2, 0.25) is 0 Å². The van der Waals surface area contributed by atoms with Crippen LogP contribution in [-0.4, -0.2) is 25.2 Å². The molecule has 0 heterocycles. The average molecular weight is 313 g/mol. The van der Waals surface area contributed by atoms with Gasteiger partial charge in [-0.2, -0.15) is 0 Å². The van der Waals surface area contributed by atoms with Crippen molar-refractivity contribution in [2.45, 2.75) is 38.2 Å². The molecule has 2 aromatic carbocycles. The number of rotatable bonds is 5. The molecule has 0 aromatic heterocycles. The van der Waals surface area contributed by atoms with E-state index in [-0.39, 0.29) is 5.91 Å². The molecule has 122 valence electrons. The van der Waals surface area contributed by atoms with E-state index in [1.165, 1.54) is 0 Å². The lowest BCUT2D eigenvalue weighted by molar-refractivity contribution is -0.140. The molecule has 1 amide bonds. The van der Waals surface area contributed by atoms with Crippen LogP contribution in [0.5, 0.6) is 5.75 Å². The summed E-state index contributed by atoms with van der Waals surface area (Å²) in [5, 5.41) is 5.05. The molecular formula is C19H23NO3. The fourth-order valence-electron chi connectivity index (χ4n) is 3.45. The van der Waals surface area contributed by atoms with Crippen LogP contribution in [0.15, 0.2) is 36.4 Å². The fraction of sp³-hybridized carbons (Fsp3) is 0.421. The molecule has 0 atom stereocenters. The van der Waals surface area contributed by atoms with Crippen LogP contribution in [0.4, 0.5) is 5.69 Å². The van der Waals surface area contributed by atoms with E-state index in [1.807, 2.05) is 43.3 Å². The second-order valence-corrected chi connectivity index (χ2v) is 5.95. The third-order valence-corrected chi connectivity index (χ3v) is 4.60. The lowest BCUT2D eigenvalue weighted by atomic mass is 10.00. The molecule has 3 rings (SSSR count). The maximum Gasteiger partial charge on any atom is 0.256 e. The normalized spacial score (nSPS) is 16.4. The van der Waals surface area contributed by atoms with E-state index in [0.717, 1.165) is 47.9 Å². The van der Waals surface area contributed by atoms with Crippen LogP contribution in [0.3, 0.4) is 0 Å². The number of hydrogen-bond donors (Lipinski definition) is 1. The number of fused-ring (bicyclic) bond motifs is 1. The second-order valence-electron chi connectivity index (χ2n) is 5.95. The topological polar surface area (TPSA) is 47.6 Å². The largest absolute Gasteiger partial charge is 0.496 e. The summed E-state index contributed by atoms with van der Waals surface area (Å²) in [7, 11) is 1.66. The highest BCUT2D eigenvalue weighted by molar-refractivity contribution is 6.06. The molecule has 0 aliphatic heterocycles. The summed E-state index contributed by atoms with van der Waals surface area (Å²) < 4.78 is 11.3. The number of benzene rings is 2. The number of methoxy groups -OCH3 is 1. The number of carbonyl (C=O) groups is 1. The standard InChI is InChI=1S/C19H23NO3/c1-3-23-19(12-6-7-13-19)18(21)20-16-10-11-17(22-2)15-9-5-4-8-14(15)16/h4-5,8-11H,3,6-7,12-13H2,1-2H3,(H,20,21). The molecule has 4 nitrogen and oxygen atoms in total. The van der Waals surface area contributed by atoms with E-state index >= 15 is 0 Å². The first-order valence-corrected chi connectivity index (χ1v) is 8.21. The highest BCUT2D eigenvalue weighted by atomic mass is 16.5. The Morgan fingerprint density at radius 3 is 2.48 bits per heavy atom. The van der Waals surface area contributed by atoms with E-state index in [0.29, 0.717) is 6.61 Å². The van der Waals surface area contributed by atoms with Crippen LogP contribution in [0.2, 0.25) is 0 Å². The molecule has 0 bridgehead atoms.